The monoisotopic (exact) mass is 239 g/mol. The molecule has 0 bridgehead atoms. The molecule has 3 amide bonds. The molecule has 96 valence electrons. The fourth-order valence-corrected chi connectivity index (χ4v) is 2.57. The fraction of sp³-hybridized carbons (Fsp3) is 0.833. The van der Waals surface area contributed by atoms with Crippen LogP contribution in [-0.4, -0.2) is 42.5 Å². The van der Waals surface area contributed by atoms with E-state index >= 15 is 0 Å². The lowest BCUT2D eigenvalue weighted by Gasteiger charge is -2.23. The molecule has 2 aliphatic rings. The zero-order chi connectivity index (χ0) is 12.4. The van der Waals surface area contributed by atoms with E-state index in [1.807, 2.05) is 0 Å². The van der Waals surface area contributed by atoms with Crippen LogP contribution < -0.4 is 10.6 Å². The largest absolute Gasteiger partial charge is 0.357 e. The quantitative estimate of drug-likeness (QED) is 0.761. The number of likely N-dealkylation sites (tertiary alicyclic amines) is 1. The second kappa shape index (κ2) is 4.94. The first kappa shape index (κ1) is 12.2. The van der Waals surface area contributed by atoms with E-state index in [0.717, 1.165) is 25.7 Å². The molecule has 1 aliphatic carbocycles. The maximum absolute atomic E-state index is 12.0. The molecule has 1 heterocycles. The van der Waals surface area contributed by atoms with Gasteiger partial charge in [0, 0.05) is 19.6 Å². The van der Waals surface area contributed by atoms with E-state index in [1.165, 1.54) is 0 Å². The zero-order valence-corrected chi connectivity index (χ0v) is 10.5. The molecule has 17 heavy (non-hydrogen) atoms. The number of hydrogen-bond donors (Lipinski definition) is 2. The van der Waals surface area contributed by atoms with Gasteiger partial charge < -0.3 is 15.5 Å². The highest BCUT2D eigenvalue weighted by atomic mass is 16.2. The van der Waals surface area contributed by atoms with Crippen LogP contribution in [0.5, 0.6) is 0 Å². The summed E-state index contributed by atoms with van der Waals surface area (Å²) in [6, 6.07) is -0.0192. The van der Waals surface area contributed by atoms with Gasteiger partial charge in [-0.1, -0.05) is 13.3 Å². The first-order valence-electron chi connectivity index (χ1n) is 6.46. The van der Waals surface area contributed by atoms with Gasteiger partial charge >= 0.3 is 6.03 Å². The van der Waals surface area contributed by atoms with Crippen LogP contribution in [0.15, 0.2) is 0 Å². The Balaban J connectivity index is 1.88. The van der Waals surface area contributed by atoms with E-state index in [0.29, 0.717) is 18.5 Å². The van der Waals surface area contributed by atoms with Crippen molar-refractivity contribution < 1.29 is 9.59 Å². The molecule has 2 rings (SSSR count). The molecule has 5 heteroatoms. The SMILES string of the molecule is CC[C@@H]1C[C@H]1NC(=O)N1CCCC1C(=O)NC. The van der Waals surface area contributed by atoms with E-state index in [9.17, 15) is 9.59 Å². The minimum absolute atomic E-state index is 0.0551. The summed E-state index contributed by atoms with van der Waals surface area (Å²) in [7, 11) is 1.62. The Morgan fingerprint density at radius 3 is 2.76 bits per heavy atom. The summed E-state index contributed by atoms with van der Waals surface area (Å²) in [5, 5.41) is 5.63. The number of nitrogens with one attached hydrogen (secondary N) is 2. The molecule has 2 fully saturated rings. The molecule has 1 unspecified atom stereocenters. The second-order valence-corrected chi connectivity index (χ2v) is 4.93. The number of hydrogen-bond acceptors (Lipinski definition) is 2. The maximum Gasteiger partial charge on any atom is 0.318 e. The molecule has 0 aromatic rings. The molecule has 1 saturated carbocycles. The van der Waals surface area contributed by atoms with Crippen molar-refractivity contribution in [2.75, 3.05) is 13.6 Å². The summed E-state index contributed by atoms with van der Waals surface area (Å²) in [4.78, 5) is 25.3. The molecule has 0 aromatic carbocycles. The topological polar surface area (TPSA) is 61.4 Å². The number of likely N-dealkylation sites (N-methyl/N-ethyl adjacent to an activating group) is 1. The van der Waals surface area contributed by atoms with E-state index in [2.05, 4.69) is 17.6 Å². The first-order valence-corrected chi connectivity index (χ1v) is 6.46. The van der Waals surface area contributed by atoms with Crippen molar-refractivity contribution in [2.24, 2.45) is 5.92 Å². The van der Waals surface area contributed by atoms with Crippen molar-refractivity contribution in [1.29, 1.82) is 0 Å². The second-order valence-electron chi connectivity index (χ2n) is 4.93. The standard InChI is InChI=1S/C12H21N3O2/c1-3-8-7-9(8)14-12(17)15-6-4-5-10(15)11(16)13-2/h8-10H,3-7H2,1-2H3,(H,13,16)(H,14,17)/t8-,9-,10?/m1/s1. The van der Waals surface area contributed by atoms with Crippen molar-refractivity contribution in [2.45, 2.75) is 44.7 Å². The van der Waals surface area contributed by atoms with Gasteiger partial charge in [-0.25, -0.2) is 4.79 Å². The van der Waals surface area contributed by atoms with Gasteiger partial charge in [0.25, 0.3) is 0 Å². The van der Waals surface area contributed by atoms with Crippen LogP contribution in [0.25, 0.3) is 0 Å². The number of amides is 3. The number of carbonyl (C=O) groups excluding carboxylic acids is 2. The molecule has 0 radical (unpaired) electrons. The van der Waals surface area contributed by atoms with Crippen molar-refractivity contribution >= 4 is 11.9 Å². The highest BCUT2D eigenvalue weighted by Gasteiger charge is 2.40. The average Bonchev–Trinajstić information content (AvgIpc) is 2.90. The van der Waals surface area contributed by atoms with Gasteiger partial charge in [0.2, 0.25) is 5.91 Å². The molecular weight excluding hydrogens is 218 g/mol. The van der Waals surface area contributed by atoms with E-state index in [1.54, 1.807) is 11.9 Å². The Hall–Kier alpha value is -1.26. The number of rotatable bonds is 3. The normalized spacial score (nSPS) is 31.2. The lowest BCUT2D eigenvalue weighted by molar-refractivity contribution is -0.124. The number of carbonyl (C=O) groups is 2. The summed E-state index contributed by atoms with van der Waals surface area (Å²) in [6.45, 7) is 2.83. The van der Waals surface area contributed by atoms with Gasteiger partial charge in [0.05, 0.1) is 0 Å². The molecule has 3 atom stereocenters. The molecule has 0 spiro atoms. The number of urea groups is 1. The highest BCUT2D eigenvalue weighted by Crippen LogP contribution is 2.33. The third kappa shape index (κ3) is 2.53. The third-order valence-electron chi connectivity index (χ3n) is 3.82. The lowest BCUT2D eigenvalue weighted by atomic mass is 10.2. The zero-order valence-electron chi connectivity index (χ0n) is 10.5. The van der Waals surface area contributed by atoms with Crippen molar-refractivity contribution in [3.8, 4) is 0 Å². The minimum Gasteiger partial charge on any atom is -0.357 e. The van der Waals surface area contributed by atoms with Crippen LogP contribution in [0.4, 0.5) is 4.79 Å². The van der Waals surface area contributed by atoms with Crippen molar-refractivity contribution in [3.05, 3.63) is 0 Å². The Morgan fingerprint density at radius 2 is 2.18 bits per heavy atom. The highest BCUT2D eigenvalue weighted by molar-refractivity contribution is 5.87. The van der Waals surface area contributed by atoms with Crippen LogP contribution in [0.1, 0.15) is 32.6 Å². The van der Waals surface area contributed by atoms with Crippen LogP contribution in [0, 0.1) is 5.92 Å². The van der Waals surface area contributed by atoms with Crippen LogP contribution in [0.3, 0.4) is 0 Å². The summed E-state index contributed by atoms with van der Waals surface area (Å²) in [6.07, 6.45) is 3.88. The van der Waals surface area contributed by atoms with E-state index in [4.69, 9.17) is 0 Å². The molecular formula is C12H21N3O2. The van der Waals surface area contributed by atoms with Crippen molar-refractivity contribution in [3.63, 3.8) is 0 Å². The van der Waals surface area contributed by atoms with E-state index < -0.39 is 0 Å². The fourth-order valence-electron chi connectivity index (χ4n) is 2.57. The van der Waals surface area contributed by atoms with E-state index in [-0.39, 0.29) is 18.0 Å². The Bertz CT molecular complexity index is 319. The molecule has 1 saturated heterocycles. The van der Waals surface area contributed by atoms with Gasteiger partial charge in [-0.2, -0.15) is 0 Å². The van der Waals surface area contributed by atoms with Gasteiger partial charge in [-0.05, 0) is 25.2 Å². The molecule has 5 nitrogen and oxygen atoms in total. The smallest absolute Gasteiger partial charge is 0.318 e. The molecule has 0 aromatic heterocycles. The third-order valence-corrected chi connectivity index (χ3v) is 3.82. The lowest BCUT2D eigenvalue weighted by Crippen LogP contribution is -2.49. The molecule has 2 N–H and O–H groups in total. The van der Waals surface area contributed by atoms with Crippen molar-refractivity contribution in [1.82, 2.24) is 15.5 Å². The van der Waals surface area contributed by atoms with Gasteiger partial charge in [-0.15, -0.1) is 0 Å². The van der Waals surface area contributed by atoms with Crippen LogP contribution in [0.2, 0.25) is 0 Å². The number of nitrogens with zero attached hydrogens (tertiary/aromatic N) is 1. The van der Waals surface area contributed by atoms with Gasteiger partial charge in [-0.3, -0.25) is 4.79 Å². The Kier molecular flexibility index (Phi) is 3.54. The summed E-state index contributed by atoms with van der Waals surface area (Å²) < 4.78 is 0. The molecule has 1 aliphatic heterocycles. The average molecular weight is 239 g/mol. The minimum atomic E-state index is -0.279. The summed E-state index contributed by atoms with van der Waals surface area (Å²) in [5.41, 5.74) is 0. The van der Waals surface area contributed by atoms with Gasteiger partial charge in [0.15, 0.2) is 0 Å². The maximum atomic E-state index is 12.0. The van der Waals surface area contributed by atoms with Crippen LogP contribution >= 0.6 is 0 Å². The Morgan fingerprint density at radius 1 is 1.41 bits per heavy atom. The Labute approximate surface area is 102 Å². The first-order chi connectivity index (χ1) is 8.17. The van der Waals surface area contributed by atoms with Gasteiger partial charge in [0.1, 0.15) is 6.04 Å². The summed E-state index contributed by atoms with van der Waals surface area (Å²) >= 11 is 0. The predicted molar refractivity (Wildman–Crippen MR) is 64.5 cm³/mol. The summed E-state index contributed by atoms with van der Waals surface area (Å²) in [5.74, 6) is 0.584. The van der Waals surface area contributed by atoms with Crippen LogP contribution in [-0.2, 0) is 4.79 Å². The predicted octanol–water partition coefficient (Wildman–Crippen LogP) is 0.705.